The highest BCUT2D eigenvalue weighted by Gasteiger charge is 2.24. The van der Waals surface area contributed by atoms with Gasteiger partial charge in [0.15, 0.2) is 5.70 Å². The summed E-state index contributed by atoms with van der Waals surface area (Å²) in [4.78, 5) is 14.2. The molecule has 142 valence electrons. The second-order valence-corrected chi connectivity index (χ2v) is 7.33. The van der Waals surface area contributed by atoms with Gasteiger partial charge < -0.3 is 5.11 Å². The third-order valence-corrected chi connectivity index (χ3v) is 5.70. The number of carboxylic acids is 1. The van der Waals surface area contributed by atoms with Crippen molar-refractivity contribution in [3.05, 3.63) is 94.0 Å². The molecule has 0 bridgehead atoms. The van der Waals surface area contributed by atoms with Crippen molar-refractivity contribution in [3.63, 3.8) is 0 Å². The zero-order chi connectivity index (χ0) is 19.8. The number of benzene rings is 2. The average molecular weight is 381 g/mol. The van der Waals surface area contributed by atoms with Crippen LogP contribution >= 0.6 is 0 Å². The first-order valence-electron chi connectivity index (χ1n) is 9.72. The fourth-order valence-electron chi connectivity index (χ4n) is 4.29. The number of carbonyl (C=O) groups is 1. The van der Waals surface area contributed by atoms with Crippen molar-refractivity contribution in [2.24, 2.45) is 15.2 Å². The van der Waals surface area contributed by atoms with Crippen molar-refractivity contribution in [2.45, 2.75) is 25.7 Å². The van der Waals surface area contributed by atoms with Crippen LogP contribution in [0.3, 0.4) is 0 Å². The number of rotatable bonds is 1. The van der Waals surface area contributed by atoms with E-state index in [0.29, 0.717) is 11.3 Å². The van der Waals surface area contributed by atoms with E-state index in [4.69, 9.17) is 5.11 Å². The zero-order valence-electron chi connectivity index (χ0n) is 15.8. The van der Waals surface area contributed by atoms with Crippen molar-refractivity contribution in [1.29, 1.82) is 0 Å². The third-order valence-electron chi connectivity index (χ3n) is 5.70. The Morgan fingerprint density at radius 2 is 1.72 bits per heavy atom. The van der Waals surface area contributed by atoms with E-state index >= 15 is 0 Å². The maximum Gasteiger partial charge on any atom is 0.357 e. The number of carboxylic acid groups (broad SMARTS) is 1. The molecule has 2 aliphatic carbocycles. The normalized spacial score (nSPS) is 17.0. The summed E-state index contributed by atoms with van der Waals surface area (Å²) < 4.78 is 0. The van der Waals surface area contributed by atoms with Gasteiger partial charge in [-0.25, -0.2) is 4.79 Å². The van der Waals surface area contributed by atoms with E-state index in [-0.39, 0.29) is 5.70 Å². The molecule has 0 unspecified atom stereocenters. The van der Waals surface area contributed by atoms with Crippen LogP contribution in [0, 0.1) is 0 Å². The fraction of sp³-hybridized carbons (Fsp3) is 0.167. The molecule has 0 saturated carbocycles. The van der Waals surface area contributed by atoms with Gasteiger partial charge in [0, 0.05) is 6.21 Å². The lowest BCUT2D eigenvalue weighted by Crippen LogP contribution is -2.10. The van der Waals surface area contributed by atoms with Crippen molar-refractivity contribution in [1.82, 2.24) is 0 Å². The molecule has 2 heterocycles. The van der Waals surface area contributed by atoms with Crippen LogP contribution < -0.4 is 0 Å². The number of aliphatic imine (C=N–C) groups is 1. The first-order valence-corrected chi connectivity index (χ1v) is 9.72. The summed E-state index contributed by atoms with van der Waals surface area (Å²) in [6, 6.07) is 13.5. The summed E-state index contributed by atoms with van der Waals surface area (Å²) in [6.07, 6.45) is 12.2. The Bertz CT molecular complexity index is 1180. The minimum absolute atomic E-state index is 0.0301. The van der Waals surface area contributed by atoms with Crippen LogP contribution in [0.1, 0.15) is 22.3 Å². The molecule has 2 aromatic rings. The van der Waals surface area contributed by atoms with E-state index < -0.39 is 5.97 Å². The van der Waals surface area contributed by atoms with E-state index in [1.807, 2.05) is 0 Å². The molecule has 4 aliphatic rings. The van der Waals surface area contributed by atoms with E-state index in [2.05, 4.69) is 63.8 Å². The van der Waals surface area contributed by atoms with Crippen LogP contribution in [0.5, 0.6) is 0 Å². The maximum absolute atomic E-state index is 10.4. The molecule has 29 heavy (non-hydrogen) atoms. The third kappa shape index (κ3) is 3.05. The summed E-state index contributed by atoms with van der Waals surface area (Å²) in [6.45, 7) is 0. The predicted molar refractivity (Wildman–Crippen MR) is 112 cm³/mol. The second kappa shape index (κ2) is 7.09. The molecule has 1 N–H and O–H groups in total. The van der Waals surface area contributed by atoms with Crippen LogP contribution in [0.4, 0.5) is 0 Å². The predicted octanol–water partition coefficient (Wildman–Crippen LogP) is 4.82. The summed E-state index contributed by atoms with van der Waals surface area (Å²) in [5.74, 6) is -1.07. The lowest BCUT2D eigenvalue weighted by Gasteiger charge is -2.25. The molecule has 0 aromatic heterocycles. The molecule has 5 heteroatoms. The number of allylic oxidation sites excluding steroid dienone is 3. The van der Waals surface area contributed by atoms with Gasteiger partial charge >= 0.3 is 5.97 Å². The van der Waals surface area contributed by atoms with Crippen LogP contribution in [-0.4, -0.2) is 17.3 Å². The van der Waals surface area contributed by atoms with Gasteiger partial charge in [0.25, 0.3) is 0 Å². The molecule has 0 atom stereocenters. The monoisotopic (exact) mass is 381 g/mol. The first kappa shape index (κ1) is 17.5. The van der Waals surface area contributed by atoms with E-state index in [1.54, 1.807) is 11.1 Å². The molecule has 2 aromatic carbocycles. The van der Waals surface area contributed by atoms with Gasteiger partial charge in [-0.3, -0.25) is 4.99 Å². The number of hydrogen-bond acceptors (Lipinski definition) is 4. The van der Waals surface area contributed by atoms with Crippen LogP contribution in [0.25, 0.3) is 11.1 Å². The molecule has 6 rings (SSSR count). The van der Waals surface area contributed by atoms with Crippen molar-refractivity contribution >= 4 is 12.2 Å². The highest BCUT2D eigenvalue weighted by Crippen LogP contribution is 2.37. The Hall–Kier alpha value is -3.60. The number of azo groups is 1. The minimum atomic E-state index is -1.07. The topological polar surface area (TPSA) is 74.4 Å². The second-order valence-electron chi connectivity index (χ2n) is 7.33. The Kier molecular flexibility index (Phi) is 4.28. The average Bonchev–Trinajstić information content (AvgIpc) is 3.37. The summed E-state index contributed by atoms with van der Waals surface area (Å²) in [7, 11) is 0. The van der Waals surface area contributed by atoms with Gasteiger partial charge in [-0.05, 0) is 59.1 Å². The van der Waals surface area contributed by atoms with Gasteiger partial charge in [-0.15, -0.1) is 10.2 Å². The number of hydrogen-bond donors (Lipinski definition) is 1. The van der Waals surface area contributed by atoms with Crippen LogP contribution in [0.15, 0.2) is 86.9 Å². The van der Waals surface area contributed by atoms with E-state index in [1.165, 1.54) is 47.5 Å². The summed E-state index contributed by atoms with van der Waals surface area (Å²) >= 11 is 0. The Morgan fingerprint density at radius 3 is 2.62 bits per heavy atom. The van der Waals surface area contributed by atoms with Gasteiger partial charge in [-0.1, -0.05) is 48.6 Å². The summed E-state index contributed by atoms with van der Waals surface area (Å²) in [5, 5.41) is 15.6. The highest BCUT2D eigenvalue weighted by molar-refractivity contribution is 6.00. The van der Waals surface area contributed by atoms with Crippen LogP contribution in [0.2, 0.25) is 0 Å². The molecule has 0 amide bonds. The zero-order valence-corrected chi connectivity index (χ0v) is 15.8. The molecule has 5 nitrogen and oxygen atoms in total. The Balaban J connectivity index is 0.000000142. The standard InChI is InChI=1S/C18H16.C6H3N3O2/c1-3-7-15-13(5-1)9-11-18-16-8-4-2-6-14(16)10-12-17(15)18;10-6(11)5-3-1-7-2-4(3)8-9-5/h1-5,7,10,12H,6,8-9,11H2;1-2H,(H,10,11). The Morgan fingerprint density at radius 1 is 0.862 bits per heavy atom. The first-order chi connectivity index (χ1) is 14.2. The summed E-state index contributed by atoms with van der Waals surface area (Å²) in [5.41, 5.74) is 10.2. The maximum atomic E-state index is 10.4. The SMILES string of the molecule is C1=CCc2c(ccc3c2CCc2ccccc2-3)C1.O=C(O)C1=C2C=NC=C2N=N1. The number of aliphatic carboxylic acids is 1. The van der Waals surface area contributed by atoms with Gasteiger partial charge in [-0.2, -0.15) is 0 Å². The largest absolute Gasteiger partial charge is 0.476 e. The van der Waals surface area contributed by atoms with Gasteiger partial charge in [0.05, 0.1) is 11.8 Å². The van der Waals surface area contributed by atoms with Crippen molar-refractivity contribution in [2.75, 3.05) is 0 Å². The van der Waals surface area contributed by atoms with E-state index in [0.717, 1.165) is 12.8 Å². The highest BCUT2D eigenvalue weighted by atomic mass is 16.4. The molecular weight excluding hydrogens is 362 g/mol. The number of nitrogens with zero attached hydrogens (tertiary/aromatic N) is 3. The molecule has 0 saturated heterocycles. The van der Waals surface area contributed by atoms with Crippen molar-refractivity contribution < 1.29 is 9.90 Å². The quantitative estimate of drug-likeness (QED) is 0.719. The number of aryl methyl sites for hydroxylation is 1. The molecule has 2 aliphatic heterocycles. The molecular formula is C24H19N3O2. The lowest BCUT2D eigenvalue weighted by molar-refractivity contribution is -0.132. The molecule has 0 spiro atoms. The minimum Gasteiger partial charge on any atom is -0.476 e. The van der Waals surface area contributed by atoms with Gasteiger partial charge in [0.2, 0.25) is 0 Å². The van der Waals surface area contributed by atoms with E-state index in [9.17, 15) is 4.79 Å². The molecule has 0 fully saturated rings. The fourth-order valence-corrected chi connectivity index (χ4v) is 4.29. The smallest absolute Gasteiger partial charge is 0.357 e. The Labute approximate surface area is 168 Å². The number of fused-ring (bicyclic) bond motifs is 6. The lowest BCUT2D eigenvalue weighted by atomic mass is 9.79. The van der Waals surface area contributed by atoms with Gasteiger partial charge in [0.1, 0.15) is 5.70 Å². The van der Waals surface area contributed by atoms with Crippen LogP contribution in [-0.2, 0) is 30.5 Å². The van der Waals surface area contributed by atoms with Crippen molar-refractivity contribution in [3.8, 4) is 11.1 Å². The molecule has 0 radical (unpaired) electrons.